The number of rotatable bonds is 2. The topological polar surface area (TPSA) is 18.5 Å². The van der Waals surface area contributed by atoms with Crippen LogP contribution in [-0.2, 0) is 9.47 Å². The lowest BCUT2D eigenvalue weighted by Crippen LogP contribution is -1.93. The zero-order chi connectivity index (χ0) is 10.8. The molecule has 1 aliphatic rings. The molecule has 0 radical (unpaired) electrons. The van der Waals surface area contributed by atoms with Gasteiger partial charge in [-0.2, -0.15) is 0 Å². The lowest BCUT2D eigenvalue weighted by molar-refractivity contribution is -0.0413. The van der Waals surface area contributed by atoms with E-state index in [2.05, 4.69) is 35.7 Å². The quantitative estimate of drug-likeness (QED) is 0.789. The van der Waals surface area contributed by atoms with E-state index in [1.807, 2.05) is 6.07 Å². The minimum atomic E-state index is -0.150. The molecule has 1 aromatic carbocycles. The Hall–Kier alpha value is -1.16. The summed E-state index contributed by atoms with van der Waals surface area (Å²) < 4.78 is 11.0. The van der Waals surface area contributed by atoms with E-state index in [1.54, 1.807) is 11.3 Å². The molecule has 16 heavy (non-hydrogen) atoms. The number of benzene rings is 1. The molecule has 0 bridgehead atoms. The van der Waals surface area contributed by atoms with Crippen molar-refractivity contribution < 1.29 is 9.47 Å². The lowest BCUT2D eigenvalue weighted by Gasteiger charge is -2.04. The lowest BCUT2D eigenvalue weighted by atomic mass is 10.1. The summed E-state index contributed by atoms with van der Waals surface area (Å²) in [5, 5.41) is 2.15. The van der Waals surface area contributed by atoms with Crippen molar-refractivity contribution in [1.82, 2.24) is 0 Å². The fraction of sp³-hybridized carbons (Fsp3) is 0.231. The Labute approximate surface area is 98.4 Å². The van der Waals surface area contributed by atoms with E-state index in [4.69, 9.17) is 9.47 Å². The normalized spacial score (nSPS) is 16.8. The highest BCUT2D eigenvalue weighted by Crippen LogP contribution is 2.32. The second-order valence-electron chi connectivity index (χ2n) is 3.68. The van der Waals surface area contributed by atoms with E-state index in [0.717, 1.165) is 4.88 Å². The average Bonchev–Trinajstić information content (AvgIpc) is 3.01. The first-order valence-electron chi connectivity index (χ1n) is 5.30. The molecule has 1 aliphatic heterocycles. The van der Waals surface area contributed by atoms with Crippen LogP contribution in [0.15, 0.2) is 41.8 Å². The van der Waals surface area contributed by atoms with Gasteiger partial charge < -0.3 is 9.47 Å². The molecule has 0 N–H and O–H groups in total. The molecular formula is C13H12O2S. The van der Waals surface area contributed by atoms with Crippen molar-refractivity contribution in [3.05, 3.63) is 46.7 Å². The van der Waals surface area contributed by atoms with Crippen LogP contribution >= 0.6 is 11.3 Å². The van der Waals surface area contributed by atoms with Crippen molar-refractivity contribution in [2.75, 3.05) is 13.2 Å². The molecule has 2 heterocycles. The summed E-state index contributed by atoms with van der Waals surface area (Å²) in [5.41, 5.74) is 2.47. The third-order valence-corrected chi connectivity index (χ3v) is 3.54. The fourth-order valence-corrected chi connectivity index (χ4v) is 2.69. The van der Waals surface area contributed by atoms with E-state index in [1.165, 1.54) is 11.1 Å². The Morgan fingerprint density at radius 2 is 1.75 bits per heavy atom. The zero-order valence-corrected chi connectivity index (χ0v) is 9.57. The predicted molar refractivity (Wildman–Crippen MR) is 64.4 cm³/mol. The first-order valence-corrected chi connectivity index (χ1v) is 6.18. The summed E-state index contributed by atoms with van der Waals surface area (Å²) in [7, 11) is 0. The summed E-state index contributed by atoms with van der Waals surface area (Å²) >= 11 is 1.69. The maximum Gasteiger partial charge on any atom is 0.193 e. The average molecular weight is 232 g/mol. The maximum absolute atomic E-state index is 5.48. The third-order valence-electron chi connectivity index (χ3n) is 2.58. The molecule has 0 spiro atoms. The number of thiophene rings is 1. The summed E-state index contributed by atoms with van der Waals surface area (Å²) in [4.78, 5) is 1.15. The molecule has 0 unspecified atom stereocenters. The highest BCUT2D eigenvalue weighted by molar-refractivity contribution is 7.10. The number of ether oxygens (including phenoxy) is 2. The molecule has 0 atom stereocenters. The predicted octanol–water partition coefficient (Wildman–Crippen LogP) is 3.46. The molecule has 0 saturated carbocycles. The number of hydrogen-bond acceptors (Lipinski definition) is 3. The maximum atomic E-state index is 5.48. The van der Waals surface area contributed by atoms with Gasteiger partial charge in [0.05, 0.1) is 18.1 Å². The Morgan fingerprint density at radius 1 is 1.00 bits per heavy atom. The van der Waals surface area contributed by atoms with Gasteiger partial charge in [-0.3, -0.25) is 0 Å². The van der Waals surface area contributed by atoms with Crippen LogP contribution in [0.5, 0.6) is 0 Å². The minimum Gasteiger partial charge on any atom is -0.345 e. The molecule has 3 heteroatoms. The Balaban J connectivity index is 1.87. The van der Waals surface area contributed by atoms with Crippen LogP contribution in [0.25, 0.3) is 11.1 Å². The largest absolute Gasteiger partial charge is 0.345 e. The van der Waals surface area contributed by atoms with Gasteiger partial charge in [-0.05, 0) is 22.6 Å². The monoisotopic (exact) mass is 232 g/mol. The van der Waals surface area contributed by atoms with Crippen molar-refractivity contribution in [3.8, 4) is 11.1 Å². The first-order chi connectivity index (χ1) is 7.93. The standard InChI is InChI=1S/C13H12O2S/c1-2-4-10(5-3-1)11-8-12(16-9-11)13-14-6-7-15-13/h1-5,8-9,13H,6-7H2. The van der Waals surface area contributed by atoms with Gasteiger partial charge in [-0.1, -0.05) is 30.3 Å². The van der Waals surface area contributed by atoms with E-state index >= 15 is 0 Å². The molecular weight excluding hydrogens is 220 g/mol. The van der Waals surface area contributed by atoms with Crippen LogP contribution in [-0.4, -0.2) is 13.2 Å². The summed E-state index contributed by atoms with van der Waals surface area (Å²) in [6.07, 6.45) is -0.150. The molecule has 82 valence electrons. The van der Waals surface area contributed by atoms with Crippen LogP contribution in [0.3, 0.4) is 0 Å². The van der Waals surface area contributed by atoms with Crippen molar-refractivity contribution >= 4 is 11.3 Å². The van der Waals surface area contributed by atoms with Crippen LogP contribution in [0.4, 0.5) is 0 Å². The van der Waals surface area contributed by atoms with Gasteiger partial charge in [0.2, 0.25) is 0 Å². The fourth-order valence-electron chi connectivity index (χ4n) is 1.78. The van der Waals surface area contributed by atoms with Crippen molar-refractivity contribution in [2.45, 2.75) is 6.29 Å². The summed E-state index contributed by atoms with van der Waals surface area (Å²) in [6.45, 7) is 1.40. The minimum absolute atomic E-state index is 0.150. The molecule has 1 saturated heterocycles. The van der Waals surface area contributed by atoms with Gasteiger partial charge in [0, 0.05) is 0 Å². The van der Waals surface area contributed by atoms with Crippen molar-refractivity contribution in [3.63, 3.8) is 0 Å². The van der Waals surface area contributed by atoms with Gasteiger partial charge in [0.15, 0.2) is 6.29 Å². The van der Waals surface area contributed by atoms with Gasteiger partial charge in [0.1, 0.15) is 0 Å². The molecule has 2 aromatic rings. The SMILES string of the molecule is c1ccc(-c2csc(C3OCCO3)c2)cc1. The zero-order valence-electron chi connectivity index (χ0n) is 8.76. The van der Waals surface area contributed by atoms with Crippen molar-refractivity contribution in [2.24, 2.45) is 0 Å². The van der Waals surface area contributed by atoms with Crippen LogP contribution < -0.4 is 0 Å². The highest BCUT2D eigenvalue weighted by atomic mass is 32.1. The summed E-state index contributed by atoms with van der Waals surface area (Å²) in [5.74, 6) is 0. The highest BCUT2D eigenvalue weighted by Gasteiger charge is 2.20. The Morgan fingerprint density at radius 3 is 2.50 bits per heavy atom. The second-order valence-corrected chi connectivity index (χ2v) is 4.62. The van der Waals surface area contributed by atoms with Crippen LogP contribution in [0.1, 0.15) is 11.2 Å². The molecule has 1 aromatic heterocycles. The van der Waals surface area contributed by atoms with Gasteiger partial charge in [-0.15, -0.1) is 11.3 Å². The third kappa shape index (κ3) is 1.89. The van der Waals surface area contributed by atoms with E-state index < -0.39 is 0 Å². The van der Waals surface area contributed by atoms with Crippen molar-refractivity contribution in [1.29, 1.82) is 0 Å². The van der Waals surface area contributed by atoms with Gasteiger partial charge >= 0.3 is 0 Å². The summed E-state index contributed by atoms with van der Waals surface area (Å²) in [6, 6.07) is 12.5. The first kappa shape index (κ1) is 10.0. The van der Waals surface area contributed by atoms with Crippen LogP contribution in [0, 0.1) is 0 Å². The van der Waals surface area contributed by atoms with E-state index in [9.17, 15) is 0 Å². The second kappa shape index (κ2) is 4.37. The van der Waals surface area contributed by atoms with Crippen LogP contribution in [0.2, 0.25) is 0 Å². The molecule has 0 amide bonds. The molecule has 0 aliphatic carbocycles. The Kier molecular flexibility index (Phi) is 2.74. The Bertz CT molecular complexity index is 458. The molecule has 2 nitrogen and oxygen atoms in total. The van der Waals surface area contributed by atoms with Gasteiger partial charge in [-0.25, -0.2) is 0 Å². The molecule has 1 fully saturated rings. The molecule has 3 rings (SSSR count). The smallest absolute Gasteiger partial charge is 0.193 e. The van der Waals surface area contributed by atoms with E-state index in [0.29, 0.717) is 13.2 Å². The van der Waals surface area contributed by atoms with E-state index in [-0.39, 0.29) is 6.29 Å². The number of hydrogen-bond donors (Lipinski definition) is 0. The van der Waals surface area contributed by atoms with Gasteiger partial charge in [0.25, 0.3) is 0 Å².